The molecule has 0 aliphatic heterocycles. The highest BCUT2D eigenvalue weighted by atomic mass is 16.5. The molecule has 0 aliphatic rings. The number of rotatable bonds is 5. The van der Waals surface area contributed by atoms with Gasteiger partial charge in [0.15, 0.2) is 0 Å². The monoisotopic (exact) mass is 273 g/mol. The predicted octanol–water partition coefficient (Wildman–Crippen LogP) is 3.59. The minimum Gasteiger partial charge on any atom is -0.497 e. The maximum atomic E-state index is 5.32. The van der Waals surface area contributed by atoms with Crippen LogP contribution in [0.15, 0.2) is 18.2 Å². The molecule has 20 heavy (non-hydrogen) atoms. The lowest BCUT2D eigenvalue weighted by Gasteiger charge is -2.12. The first-order valence-electron chi connectivity index (χ1n) is 7.16. The summed E-state index contributed by atoms with van der Waals surface area (Å²) < 4.78 is 5.32. The Balaban J connectivity index is 2.94. The highest BCUT2D eigenvalue weighted by molar-refractivity contribution is 5.46. The van der Waals surface area contributed by atoms with Gasteiger partial charge in [-0.25, -0.2) is 0 Å². The lowest BCUT2D eigenvalue weighted by atomic mass is 9.96. The Hall–Kier alpha value is -1.46. The summed E-state index contributed by atoms with van der Waals surface area (Å²) >= 11 is 0. The molecule has 0 heterocycles. The lowest BCUT2D eigenvalue weighted by molar-refractivity contribution is 0.399. The van der Waals surface area contributed by atoms with Gasteiger partial charge in [0, 0.05) is 11.0 Å². The van der Waals surface area contributed by atoms with Crippen molar-refractivity contribution in [3.05, 3.63) is 29.3 Å². The zero-order chi connectivity index (χ0) is 15.2. The first kappa shape index (κ1) is 16.6. The molecule has 0 radical (unpaired) electrons. The average molecular weight is 273 g/mol. The lowest BCUT2D eigenvalue weighted by Crippen LogP contribution is -2.13. The van der Waals surface area contributed by atoms with Gasteiger partial charge in [0.05, 0.1) is 7.11 Å². The molecule has 0 spiro atoms. The second-order valence-electron chi connectivity index (χ2n) is 6.43. The van der Waals surface area contributed by atoms with Crippen LogP contribution in [-0.2, 0) is 6.42 Å². The van der Waals surface area contributed by atoms with Crippen LogP contribution in [0.25, 0.3) is 0 Å². The number of nitrogens with zero attached hydrogens (tertiary/aromatic N) is 1. The number of ether oxygens (including phenoxy) is 1. The SMILES string of the molecule is COc1ccc(C#CC(C)(C)C)c(CCCN(C)C)c1. The van der Waals surface area contributed by atoms with Crippen molar-refractivity contribution in [1.29, 1.82) is 0 Å². The van der Waals surface area contributed by atoms with Gasteiger partial charge in [-0.3, -0.25) is 0 Å². The van der Waals surface area contributed by atoms with Crippen molar-refractivity contribution >= 4 is 0 Å². The Labute approximate surface area is 124 Å². The zero-order valence-electron chi connectivity index (χ0n) is 13.7. The van der Waals surface area contributed by atoms with E-state index in [1.54, 1.807) is 7.11 Å². The van der Waals surface area contributed by atoms with Gasteiger partial charge in [0.25, 0.3) is 0 Å². The smallest absolute Gasteiger partial charge is 0.119 e. The van der Waals surface area contributed by atoms with E-state index in [0.29, 0.717) is 0 Å². The third-order valence-electron chi connectivity index (χ3n) is 2.94. The molecule has 0 bridgehead atoms. The van der Waals surface area contributed by atoms with E-state index in [2.05, 4.69) is 63.7 Å². The average Bonchev–Trinajstić information content (AvgIpc) is 2.35. The van der Waals surface area contributed by atoms with E-state index in [1.165, 1.54) is 5.56 Å². The molecule has 1 aromatic carbocycles. The van der Waals surface area contributed by atoms with E-state index in [-0.39, 0.29) is 5.41 Å². The van der Waals surface area contributed by atoms with Gasteiger partial charge in [0.2, 0.25) is 0 Å². The molecule has 0 saturated heterocycles. The van der Waals surface area contributed by atoms with Crippen molar-refractivity contribution in [1.82, 2.24) is 4.90 Å². The van der Waals surface area contributed by atoms with Crippen LogP contribution < -0.4 is 4.74 Å². The van der Waals surface area contributed by atoms with E-state index in [4.69, 9.17) is 4.74 Å². The largest absolute Gasteiger partial charge is 0.497 e. The Kier molecular flexibility index (Phi) is 6.10. The molecule has 0 amide bonds. The number of aryl methyl sites for hydroxylation is 1. The van der Waals surface area contributed by atoms with E-state index in [0.717, 1.165) is 30.7 Å². The van der Waals surface area contributed by atoms with Gasteiger partial charge in [-0.05, 0) is 78.0 Å². The normalized spacial score (nSPS) is 11.2. The quantitative estimate of drug-likeness (QED) is 0.760. The molecular formula is C18H27NO. The number of hydrogen-bond acceptors (Lipinski definition) is 2. The van der Waals surface area contributed by atoms with Crippen LogP contribution in [0.3, 0.4) is 0 Å². The van der Waals surface area contributed by atoms with Crippen LogP contribution in [0.2, 0.25) is 0 Å². The van der Waals surface area contributed by atoms with Crippen LogP contribution in [0.4, 0.5) is 0 Å². The van der Waals surface area contributed by atoms with Crippen molar-refractivity contribution in [2.24, 2.45) is 5.41 Å². The Bertz CT molecular complexity index is 486. The first-order chi connectivity index (χ1) is 9.31. The number of methoxy groups -OCH3 is 1. The summed E-state index contributed by atoms with van der Waals surface area (Å²) in [4.78, 5) is 2.21. The summed E-state index contributed by atoms with van der Waals surface area (Å²) in [6, 6.07) is 6.17. The van der Waals surface area contributed by atoms with Crippen LogP contribution in [0.1, 0.15) is 38.3 Å². The molecule has 1 rings (SSSR count). The van der Waals surface area contributed by atoms with Crippen LogP contribution in [-0.4, -0.2) is 32.6 Å². The van der Waals surface area contributed by atoms with E-state index in [9.17, 15) is 0 Å². The highest BCUT2D eigenvalue weighted by Gasteiger charge is 2.06. The van der Waals surface area contributed by atoms with Crippen LogP contribution in [0, 0.1) is 17.3 Å². The summed E-state index contributed by atoms with van der Waals surface area (Å²) in [6.07, 6.45) is 2.16. The van der Waals surface area contributed by atoms with Gasteiger partial charge < -0.3 is 9.64 Å². The third-order valence-corrected chi connectivity index (χ3v) is 2.94. The fourth-order valence-electron chi connectivity index (χ4n) is 1.87. The number of hydrogen-bond donors (Lipinski definition) is 0. The fourth-order valence-corrected chi connectivity index (χ4v) is 1.87. The van der Waals surface area contributed by atoms with Gasteiger partial charge in [-0.2, -0.15) is 0 Å². The number of benzene rings is 1. The van der Waals surface area contributed by atoms with Gasteiger partial charge in [-0.15, -0.1) is 0 Å². The van der Waals surface area contributed by atoms with Crippen LogP contribution >= 0.6 is 0 Å². The van der Waals surface area contributed by atoms with Crippen molar-refractivity contribution < 1.29 is 4.74 Å². The molecule has 0 unspecified atom stereocenters. The topological polar surface area (TPSA) is 12.5 Å². The minimum atomic E-state index is 0.0286. The summed E-state index contributed by atoms with van der Waals surface area (Å²) in [5.74, 6) is 7.55. The van der Waals surface area contributed by atoms with E-state index < -0.39 is 0 Å². The molecule has 1 aromatic rings. The molecule has 0 aliphatic carbocycles. The van der Waals surface area contributed by atoms with Gasteiger partial charge >= 0.3 is 0 Å². The molecule has 0 saturated carbocycles. The summed E-state index contributed by atoms with van der Waals surface area (Å²) in [5, 5.41) is 0. The molecular weight excluding hydrogens is 246 g/mol. The van der Waals surface area contributed by atoms with Crippen molar-refractivity contribution in [2.45, 2.75) is 33.6 Å². The summed E-state index contributed by atoms with van der Waals surface area (Å²) in [7, 11) is 5.91. The standard InChI is InChI=1S/C18H27NO/c1-18(2,3)12-11-15-9-10-17(20-6)14-16(15)8-7-13-19(4)5/h9-10,14H,7-8,13H2,1-6H3. The molecule has 0 aromatic heterocycles. The Morgan fingerprint density at radius 1 is 1.20 bits per heavy atom. The maximum Gasteiger partial charge on any atom is 0.119 e. The van der Waals surface area contributed by atoms with Gasteiger partial charge in [0.1, 0.15) is 5.75 Å². The molecule has 2 nitrogen and oxygen atoms in total. The second-order valence-corrected chi connectivity index (χ2v) is 6.43. The summed E-state index contributed by atoms with van der Waals surface area (Å²) in [5.41, 5.74) is 2.43. The molecule has 2 heteroatoms. The Morgan fingerprint density at radius 2 is 1.90 bits per heavy atom. The van der Waals surface area contributed by atoms with Crippen LogP contribution in [0.5, 0.6) is 5.75 Å². The predicted molar refractivity (Wildman–Crippen MR) is 86.2 cm³/mol. The molecule has 0 atom stereocenters. The molecule has 110 valence electrons. The van der Waals surface area contributed by atoms with Gasteiger partial charge in [-0.1, -0.05) is 11.8 Å². The van der Waals surface area contributed by atoms with E-state index >= 15 is 0 Å². The Morgan fingerprint density at radius 3 is 2.45 bits per heavy atom. The minimum absolute atomic E-state index is 0.0286. The zero-order valence-corrected chi connectivity index (χ0v) is 13.7. The van der Waals surface area contributed by atoms with Crippen molar-refractivity contribution in [2.75, 3.05) is 27.7 Å². The van der Waals surface area contributed by atoms with E-state index in [1.807, 2.05) is 6.07 Å². The fraction of sp³-hybridized carbons (Fsp3) is 0.556. The van der Waals surface area contributed by atoms with Crippen molar-refractivity contribution in [3.8, 4) is 17.6 Å². The summed E-state index contributed by atoms with van der Waals surface area (Å²) in [6.45, 7) is 7.49. The second kappa shape index (κ2) is 7.36. The third kappa shape index (κ3) is 6.12. The maximum absolute atomic E-state index is 5.32. The highest BCUT2D eigenvalue weighted by Crippen LogP contribution is 2.19. The first-order valence-corrected chi connectivity index (χ1v) is 7.16. The molecule has 0 fully saturated rings. The molecule has 0 N–H and O–H groups in total. The van der Waals surface area contributed by atoms with Crippen molar-refractivity contribution in [3.63, 3.8) is 0 Å².